The number of aryl methyl sites for hydroxylation is 1. The molecule has 0 unspecified atom stereocenters. The maximum absolute atomic E-state index is 12.8. The van der Waals surface area contributed by atoms with E-state index in [-0.39, 0.29) is 17.7 Å². The van der Waals surface area contributed by atoms with Gasteiger partial charge >= 0.3 is 0 Å². The minimum Gasteiger partial charge on any atom is -0.342 e. The van der Waals surface area contributed by atoms with Crippen LogP contribution in [0, 0.1) is 11.8 Å². The predicted octanol–water partition coefficient (Wildman–Crippen LogP) is 4.40. The Bertz CT molecular complexity index is 595. The molecule has 0 radical (unpaired) electrons. The third-order valence-corrected chi connectivity index (χ3v) is 5.99. The molecule has 1 aromatic carbocycles. The molecule has 142 valence electrons. The Morgan fingerprint density at radius 1 is 0.923 bits per heavy atom. The summed E-state index contributed by atoms with van der Waals surface area (Å²) in [4.78, 5) is 27.4. The van der Waals surface area contributed by atoms with Gasteiger partial charge in [-0.2, -0.15) is 0 Å². The maximum atomic E-state index is 12.8. The fraction of sp³-hybridized carbons (Fsp3) is 0.636. The zero-order valence-corrected chi connectivity index (χ0v) is 16.0. The van der Waals surface area contributed by atoms with E-state index in [1.165, 1.54) is 18.4 Å². The lowest BCUT2D eigenvalue weighted by Gasteiger charge is -2.31. The highest BCUT2D eigenvalue weighted by atomic mass is 16.2. The van der Waals surface area contributed by atoms with E-state index >= 15 is 0 Å². The molecule has 1 aliphatic carbocycles. The molecule has 1 heterocycles. The fourth-order valence-corrected chi connectivity index (χ4v) is 4.22. The Balaban J connectivity index is 1.47. The quantitative estimate of drug-likeness (QED) is 0.869. The molecule has 2 amide bonds. The van der Waals surface area contributed by atoms with Crippen molar-refractivity contribution in [3.05, 3.63) is 29.8 Å². The summed E-state index contributed by atoms with van der Waals surface area (Å²) in [7, 11) is 0. The molecule has 26 heavy (non-hydrogen) atoms. The molecule has 4 nitrogen and oxygen atoms in total. The average molecular weight is 357 g/mol. The summed E-state index contributed by atoms with van der Waals surface area (Å²) in [5, 5.41) is 3.04. The predicted molar refractivity (Wildman–Crippen MR) is 105 cm³/mol. The van der Waals surface area contributed by atoms with Crippen LogP contribution in [0.2, 0.25) is 0 Å². The molecule has 1 aliphatic heterocycles. The number of nitrogens with one attached hydrogen (secondary N) is 1. The molecule has 0 bridgehead atoms. The third-order valence-electron chi connectivity index (χ3n) is 5.99. The zero-order chi connectivity index (χ0) is 18.4. The van der Waals surface area contributed by atoms with E-state index in [9.17, 15) is 9.59 Å². The van der Waals surface area contributed by atoms with Crippen molar-refractivity contribution in [3.8, 4) is 0 Å². The standard InChI is InChI=1S/C22H32N2O2/c1-2-17-7-13-20(14-8-17)23-21(25)18-9-11-19(12-10-18)22(26)24-15-5-3-4-6-16-24/h7-8,13-14,18-19H,2-6,9-12,15-16H2,1H3,(H,23,25). The first-order valence-corrected chi connectivity index (χ1v) is 10.4. The van der Waals surface area contributed by atoms with Gasteiger partial charge in [0.25, 0.3) is 0 Å². The Morgan fingerprint density at radius 3 is 2.08 bits per heavy atom. The largest absolute Gasteiger partial charge is 0.342 e. The normalized spacial score (nSPS) is 24.0. The van der Waals surface area contributed by atoms with E-state index in [4.69, 9.17) is 0 Å². The molecule has 1 saturated heterocycles. The highest BCUT2D eigenvalue weighted by Crippen LogP contribution is 2.31. The van der Waals surface area contributed by atoms with Crippen LogP contribution in [0.4, 0.5) is 5.69 Å². The summed E-state index contributed by atoms with van der Waals surface area (Å²) in [6, 6.07) is 8.08. The van der Waals surface area contributed by atoms with Crippen LogP contribution < -0.4 is 5.32 Å². The zero-order valence-electron chi connectivity index (χ0n) is 16.0. The van der Waals surface area contributed by atoms with E-state index in [2.05, 4.69) is 29.3 Å². The summed E-state index contributed by atoms with van der Waals surface area (Å²) in [5.74, 6) is 0.603. The molecule has 1 aromatic rings. The van der Waals surface area contributed by atoms with E-state index in [0.29, 0.717) is 5.91 Å². The van der Waals surface area contributed by atoms with Crippen molar-refractivity contribution in [2.75, 3.05) is 18.4 Å². The van der Waals surface area contributed by atoms with Gasteiger partial charge in [-0.15, -0.1) is 0 Å². The number of rotatable bonds is 4. The van der Waals surface area contributed by atoms with Crippen molar-refractivity contribution in [2.45, 2.75) is 64.7 Å². The van der Waals surface area contributed by atoms with E-state index in [1.807, 2.05) is 12.1 Å². The molecule has 1 N–H and O–H groups in total. The first kappa shape index (κ1) is 18.9. The Labute approximate surface area is 157 Å². The first-order valence-electron chi connectivity index (χ1n) is 10.4. The molecule has 0 spiro atoms. The van der Waals surface area contributed by atoms with E-state index < -0.39 is 0 Å². The Morgan fingerprint density at radius 2 is 1.50 bits per heavy atom. The van der Waals surface area contributed by atoms with Gasteiger partial charge in [0.1, 0.15) is 0 Å². The summed E-state index contributed by atoms with van der Waals surface area (Å²) in [6.07, 6.45) is 9.12. The van der Waals surface area contributed by atoms with Crippen LogP contribution in [-0.4, -0.2) is 29.8 Å². The molecule has 3 rings (SSSR count). The van der Waals surface area contributed by atoms with Crippen LogP contribution in [0.5, 0.6) is 0 Å². The monoisotopic (exact) mass is 356 g/mol. The van der Waals surface area contributed by atoms with Crippen molar-refractivity contribution in [2.24, 2.45) is 11.8 Å². The number of amides is 2. The minimum atomic E-state index is 0.0361. The second-order valence-corrected chi connectivity index (χ2v) is 7.83. The molecule has 2 fully saturated rings. The van der Waals surface area contributed by atoms with Crippen LogP contribution in [0.25, 0.3) is 0 Å². The van der Waals surface area contributed by atoms with Gasteiger partial charge in [0.15, 0.2) is 0 Å². The van der Waals surface area contributed by atoms with Gasteiger partial charge in [-0.25, -0.2) is 0 Å². The molecular weight excluding hydrogens is 324 g/mol. The minimum absolute atomic E-state index is 0.0361. The molecule has 0 atom stereocenters. The molecular formula is C22H32N2O2. The number of hydrogen-bond acceptors (Lipinski definition) is 2. The van der Waals surface area contributed by atoms with Crippen LogP contribution in [0.1, 0.15) is 63.9 Å². The number of hydrogen-bond donors (Lipinski definition) is 1. The summed E-state index contributed by atoms with van der Waals surface area (Å²) < 4.78 is 0. The topological polar surface area (TPSA) is 49.4 Å². The SMILES string of the molecule is CCc1ccc(NC(=O)C2CCC(C(=O)N3CCCCCC3)CC2)cc1. The lowest BCUT2D eigenvalue weighted by Crippen LogP contribution is -2.39. The lowest BCUT2D eigenvalue weighted by atomic mass is 9.81. The van der Waals surface area contributed by atoms with Gasteiger partial charge in [0.2, 0.25) is 11.8 Å². The highest BCUT2D eigenvalue weighted by molar-refractivity contribution is 5.92. The van der Waals surface area contributed by atoms with E-state index in [0.717, 1.165) is 63.7 Å². The number of benzene rings is 1. The average Bonchev–Trinajstić information content (AvgIpc) is 2.97. The third kappa shape index (κ3) is 4.87. The summed E-state index contributed by atoms with van der Waals surface area (Å²) in [5.41, 5.74) is 2.14. The number of carbonyl (C=O) groups excluding carboxylic acids is 2. The Hall–Kier alpha value is -1.84. The second kappa shape index (κ2) is 9.20. The van der Waals surface area contributed by atoms with Crippen LogP contribution in [-0.2, 0) is 16.0 Å². The van der Waals surface area contributed by atoms with Gasteiger partial charge in [-0.3, -0.25) is 9.59 Å². The summed E-state index contributed by atoms with van der Waals surface area (Å²) >= 11 is 0. The second-order valence-electron chi connectivity index (χ2n) is 7.83. The van der Waals surface area contributed by atoms with Crippen molar-refractivity contribution in [1.29, 1.82) is 0 Å². The smallest absolute Gasteiger partial charge is 0.227 e. The van der Waals surface area contributed by atoms with Gasteiger partial charge in [-0.05, 0) is 62.6 Å². The molecule has 1 saturated carbocycles. The molecule has 0 aromatic heterocycles. The van der Waals surface area contributed by atoms with Crippen LogP contribution in [0.15, 0.2) is 24.3 Å². The van der Waals surface area contributed by atoms with Crippen molar-refractivity contribution >= 4 is 17.5 Å². The van der Waals surface area contributed by atoms with Crippen molar-refractivity contribution < 1.29 is 9.59 Å². The Kier molecular flexibility index (Phi) is 6.70. The number of carbonyl (C=O) groups is 2. The van der Waals surface area contributed by atoms with Crippen molar-refractivity contribution in [3.63, 3.8) is 0 Å². The van der Waals surface area contributed by atoms with Gasteiger partial charge in [0.05, 0.1) is 0 Å². The number of anilines is 1. The maximum Gasteiger partial charge on any atom is 0.227 e. The molecule has 4 heteroatoms. The van der Waals surface area contributed by atoms with Gasteiger partial charge < -0.3 is 10.2 Å². The van der Waals surface area contributed by atoms with Crippen LogP contribution >= 0.6 is 0 Å². The number of nitrogens with zero attached hydrogens (tertiary/aromatic N) is 1. The summed E-state index contributed by atoms with van der Waals surface area (Å²) in [6.45, 7) is 3.97. The van der Waals surface area contributed by atoms with Gasteiger partial charge in [0, 0.05) is 30.6 Å². The first-order chi connectivity index (χ1) is 12.7. The van der Waals surface area contributed by atoms with Gasteiger partial charge in [-0.1, -0.05) is 31.9 Å². The fourth-order valence-electron chi connectivity index (χ4n) is 4.22. The molecule has 2 aliphatic rings. The number of likely N-dealkylation sites (tertiary alicyclic amines) is 1. The van der Waals surface area contributed by atoms with E-state index in [1.54, 1.807) is 0 Å². The van der Waals surface area contributed by atoms with Crippen LogP contribution in [0.3, 0.4) is 0 Å². The van der Waals surface area contributed by atoms with Crippen molar-refractivity contribution in [1.82, 2.24) is 4.90 Å². The highest BCUT2D eigenvalue weighted by Gasteiger charge is 2.32. The lowest BCUT2D eigenvalue weighted by molar-refractivity contribution is -0.137.